The van der Waals surface area contributed by atoms with Crippen LogP contribution in [0.25, 0.3) is 0 Å². The van der Waals surface area contributed by atoms with Gasteiger partial charge in [0.2, 0.25) is 5.91 Å². The Morgan fingerprint density at radius 1 is 1.16 bits per heavy atom. The minimum absolute atomic E-state index is 0.0683. The van der Waals surface area contributed by atoms with E-state index in [0.717, 1.165) is 5.56 Å². The SMILES string of the molecule is C[C@H](C(=O)N(C)C)[C@](O)(c1ccccc1)C(C)(C)C. The summed E-state index contributed by atoms with van der Waals surface area (Å²) in [5.74, 6) is -0.578. The summed E-state index contributed by atoms with van der Waals surface area (Å²) in [6.07, 6.45) is 0. The molecule has 0 fully saturated rings. The molecule has 3 heteroatoms. The van der Waals surface area contributed by atoms with Crippen molar-refractivity contribution in [3.63, 3.8) is 0 Å². The van der Waals surface area contributed by atoms with Crippen molar-refractivity contribution in [2.45, 2.75) is 33.3 Å². The number of carbonyl (C=O) groups is 1. The number of carbonyl (C=O) groups excluding carboxylic acids is 1. The molecule has 0 heterocycles. The second kappa shape index (κ2) is 5.33. The maximum Gasteiger partial charge on any atom is 0.228 e. The van der Waals surface area contributed by atoms with Crippen LogP contribution in [0.5, 0.6) is 0 Å². The summed E-state index contributed by atoms with van der Waals surface area (Å²) >= 11 is 0. The average molecular weight is 263 g/mol. The van der Waals surface area contributed by atoms with Crippen molar-refractivity contribution in [1.29, 1.82) is 0 Å². The van der Waals surface area contributed by atoms with Crippen LogP contribution < -0.4 is 0 Å². The topological polar surface area (TPSA) is 40.5 Å². The molecule has 1 rings (SSSR count). The van der Waals surface area contributed by atoms with E-state index in [2.05, 4.69) is 0 Å². The Morgan fingerprint density at radius 2 is 1.63 bits per heavy atom. The molecule has 0 aromatic heterocycles. The van der Waals surface area contributed by atoms with Gasteiger partial charge in [-0.15, -0.1) is 0 Å². The lowest BCUT2D eigenvalue weighted by Crippen LogP contribution is -2.50. The van der Waals surface area contributed by atoms with Crippen molar-refractivity contribution in [3.05, 3.63) is 35.9 Å². The standard InChI is InChI=1S/C16H25NO2/c1-12(14(18)17(5)6)16(19,15(2,3)4)13-10-8-7-9-11-13/h7-12,19H,1-6H3/t12-,16+/m1/s1. The third kappa shape index (κ3) is 2.81. The summed E-state index contributed by atoms with van der Waals surface area (Å²) in [4.78, 5) is 13.8. The molecule has 0 unspecified atom stereocenters. The van der Waals surface area contributed by atoms with E-state index in [0.29, 0.717) is 0 Å². The maximum absolute atomic E-state index is 12.3. The van der Waals surface area contributed by atoms with E-state index in [1.165, 1.54) is 4.90 Å². The van der Waals surface area contributed by atoms with Crippen LogP contribution >= 0.6 is 0 Å². The Labute approximate surface area is 116 Å². The normalized spacial score (nSPS) is 16.6. The molecular weight excluding hydrogens is 238 g/mol. The quantitative estimate of drug-likeness (QED) is 0.910. The zero-order valence-electron chi connectivity index (χ0n) is 12.8. The summed E-state index contributed by atoms with van der Waals surface area (Å²) in [5.41, 5.74) is -0.861. The molecule has 2 atom stereocenters. The van der Waals surface area contributed by atoms with E-state index in [4.69, 9.17) is 0 Å². The molecule has 0 aliphatic rings. The summed E-state index contributed by atoms with van der Waals surface area (Å²) in [6, 6.07) is 9.44. The molecule has 1 N–H and O–H groups in total. The minimum atomic E-state index is -1.20. The van der Waals surface area contributed by atoms with E-state index >= 15 is 0 Å². The lowest BCUT2D eigenvalue weighted by Gasteiger charge is -2.45. The molecule has 0 aliphatic heterocycles. The summed E-state index contributed by atoms with van der Waals surface area (Å²) < 4.78 is 0. The molecule has 19 heavy (non-hydrogen) atoms. The molecule has 0 saturated carbocycles. The van der Waals surface area contributed by atoms with Gasteiger partial charge in [0, 0.05) is 14.1 Å². The zero-order valence-corrected chi connectivity index (χ0v) is 12.8. The van der Waals surface area contributed by atoms with Crippen molar-refractivity contribution in [2.75, 3.05) is 14.1 Å². The molecule has 3 nitrogen and oxygen atoms in total. The molecular formula is C16H25NO2. The molecule has 1 aromatic rings. The van der Waals surface area contributed by atoms with E-state index < -0.39 is 16.9 Å². The number of benzene rings is 1. The molecule has 1 amide bonds. The smallest absolute Gasteiger partial charge is 0.228 e. The first-order valence-corrected chi connectivity index (χ1v) is 6.61. The number of aliphatic hydroxyl groups is 1. The van der Waals surface area contributed by atoms with E-state index in [9.17, 15) is 9.90 Å². The molecule has 0 saturated heterocycles. The van der Waals surface area contributed by atoms with Crippen LogP contribution in [0.15, 0.2) is 30.3 Å². The molecule has 1 aromatic carbocycles. The molecule has 106 valence electrons. The van der Waals surface area contributed by atoms with E-state index in [-0.39, 0.29) is 5.91 Å². The van der Waals surface area contributed by atoms with Gasteiger partial charge in [-0.1, -0.05) is 58.0 Å². The Kier molecular flexibility index (Phi) is 4.41. The first kappa shape index (κ1) is 15.7. The first-order chi connectivity index (χ1) is 8.62. The third-order valence-electron chi connectivity index (χ3n) is 3.80. The van der Waals surface area contributed by atoms with Crippen LogP contribution in [0.1, 0.15) is 33.3 Å². The van der Waals surface area contributed by atoms with Crippen molar-refractivity contribution in [1.82, 2.24) is 4.90 Å². The van der Waals surface area contributed by atoms with Crippen LogP contribution in [0.2, 0.25) is 0 Å². The van der Waals surface area contributed by atoms with Gasteiger partial charge in [-0.05, 0) is 11.0 Å². The molecule has 0 aliphatic carbocycles. The molecule has 0 radical (unpaired) electrons. The highest BCUT2D eigenvalue weighted by molar-refractivity contribution is 5.79. The predicted octanol–water partition coefficient (Wildman–Crippen LogP) is 2.64. The Hall–Kier alpha value is -1.35. The van der Waals surface area contributed by atoms with Gasteiger partial charge in [-0.3, -0.25) is 4.79 Å². The Morgan fingerprint density at radius 3 is 2.00 bits per heavy atom. The van der Waals surface area contributed by atoms with Crippen LogP contribution in [-0.4, -0.2) is 30.0 Å². The van der Waals surface area contributed by atoms with Gasteiger partial charge in [-0.25, -0.2) is 0 Å². The first-order valence-electron chi connectivity index (χ1n) is 6.61. The number of hydrogen-bond donors (Lipinski definition) is 1. The van der Waals surface area contributed by atoms with Gasteiger partial charge >= 0.3 is 0 Å². The van der Waals surface area contributed by atoms with Crippen molar-refractivity contribution >= 4 is 5.91 Å². The van der Waals surface area contributed by atoms with Gasteiger partial charge in [0.25, 0.3) is 0 Å². The van der Waals surface area contributed by atoms with Crippen LogP contribution in [0.3, 0.4) is 0 Å². The molecule has 0 bridgehead atoms. The average Bonchev–Trinajstić information content (AvgIpc) is 2.35. The number of nitrogens with zero attached hydrogens (tertiary/aromatic N) is 1. The highest BCUT2D eigenvalue weighted by Crippen LogP contribution is 2.45. The number of amides is 1. The van der Waals surface area contributed by atoms with E-state index in [1.54, 1.807) is 21.0 Å². The van der Waals surface area contributed by atoms with Crippen LogP contribution in [0, 0.1) is 11.3 Å². The van der Waals surface area contributed by atoms with Crippen molar-refractivity contribution in [3.8, 4) is 0 Å². The van der Waals surface area contributed by atoms with Gasteiger partial charge in [0.05, 0.1) is 5.92 Å². The summed E-state index contributed by atoms with van der Waals surface area (Å²) in [7, 11) is 3.43. The number of rotatable bonds is 3. The van der Waals surface area contributed by atoms with E-state index in [1.807, 2.05) is 51.1 Å². The fourth-order valence-electron chi connectivity index (χ4n) is 2.59. The summed E-state index contributed by atoms with van der Waals surface area (Å²) in [5, 5.41) is 11.3. The lowest BCUT2D eigenvalue weighted by atomic mass is 9.65. The van der Waals surface area contributed by atoms with Crippen molar-refractivity contribution < 1.29 is 9.90 Å². The monoisotopic (exact) mass is 263 g/mol. The van der Waals surface area contributed by atoms with Gasteiger partial charge in [0.1, 0.15) is 5.60 Å². The van der Waals surface area contributed by atoms with Gasteiger partial charge in [0.15, 0.2) is 0 Å². The van der Waals surface area contributed by atoms with Crippen LogP contribution in [0.4, 0.5) is 0 Å². The Balaban J connectivity index is 3.34. The third-order valence-corrected chi connectivity index (χ3v) is 3.80. The second-order valence-corrected chi connectivity index (χ2v) is 6.34. The fourth-order valence-corrected chi connectivity index (χ4v) is 2.59. The lowest BCUT2D eigenvalue weighted by molar-refractivity contribution is -0.156. The predicted molar refractivity (Wildman–Crippen MR) is 77.7 cm³/mol. The maximum atomic E-state index is 12.3. The largest absolute Gasteiger partial charge is 0.384 e. The van der Waals surface area contributed by atoms with Gasteiger partial charge in [-0.2, -0.15) is 0 Å². The second-order valence-electron chi connectivity index (χ2n) is 6.34. The van der Waals surface area contributed by atoms with Crippen LogP contribution in [-0.2, 0) is 10.4 Å². The molecule has 0 spiro atoms. The summed E-state index contributed by atoms with van der Waals surface area (Å²) in [6.45, 7) is 7.67. The Bertz CT molecular complexity index is 434. The highest BCUT2D eigenvalue weighted by atomic mass is 16.3. The van der Waals surface area contributed by atoms with Crippen molar-refractivity contribution in [2.24, 2.45) is 11.3 Å². The minimum Gasteiger partial charge on any atom is -0.384 e. The fraction of sp³-hybridized carbons (Fsp3) is 0.562. The number of hydrogen-bond acceptors (Lipinski definition) is 2. The zero-order chi connectivity index (χ0) is 14.8. The highest BCUT2D eigenvalue weighted by Gasteiger charge is 2.49. The van der Waals surface area contributed by atoms with Gasteiger partial charge < -0.3 is 10.0 Å².